The standard InChI is InChI=1S/C23H24N2O2/c1-17-9-7-11-19(15-17)23(27,20-12-8-10-18(2)16-20)22(26)24-25(3)21-13-5-4-6-14-21/h4-16,27H,1-3H3,(H,24,26). The molecule has 1 amide bonds. The average Bonchev–Trinajstić information content (AvgIpc) is 2.68. The number of nitrogens with zero attached hydrogens (tertiary/aromatic N) is 1. The summed E-state index contributed by atoms with van der Waals surface area (Å²) in [5, 5.41) is 13.2. The van der Waals surface area contributed by atoms with E-state index in [2.05, 4.69) is 5.43 Å². The Bertz CT molecular complexity index is 892. The molecule has 4 nitrogen and oxygen atoms in total. The van der Waals surface area contributed by atoms with Gasteiger partial charge in [-0.25, -0.2) is 0 Å². The molecular formula is C23H24N2O2. The topological polar surface area (TPSA) is 52.6 Å². The van der Waals surface area contributed by atoms with E-state index < -0.39 is 11.5 Å². The van der Waals surface area contributed by atoms with Crippen molar-refractivity contribution in [1.29, 1.82) is 0 Å². The van der Waals surface area contributed by atoms with Crippen LogP contribution < -0.4 is 10.4 Å². The molecule has 0 aliphatic carbocycles. The molecule has 0 atom stereocenters. The van der Waals surface area contributed by atoms with Gasteiger partial charge in [-0.1, -0.05) is 77.9 Å². The minimum atomic E-state index is -1.80. The maximum Gasteiger partial charge on any atom is 0.279 e. The predicted octanol–water partition coefficient (Wildman–Crippen LogP) is 3.71. The predicted molar refractivity (Wildman–Crippen MR) is 108 cm³/mol. The van der Waals surface area contributed by atoms with Crippen LogP contribution in [0.2, 0.25) is 0 Å². The summed E-state index contributed by atoms with van der Waals surface area (Å²) >= 11 is 0. The zero-order chi connectivity index (χ0) is 19.4. The average molecular weight is 360 g/mol. The van der Waals surface area contributed by atoms with E-state index >= 15 is 0 Å². The number of amides is 1. The van der Waals surface area contributed by atoms with Gasteiger partial charge in [0.2, 0.25) is 0 Å². The first-order valence-electron chi connectivity index (χ1n) is 8.88. The van der Waals surface area contributed by atoms with Crippen LogP contribution in [0.15, 0.2) is 78.9 Å². The second-order valence-corrected chi connectivity index (χ2v) is 6.78. The van der Waals surface area contributed by atoms with E-state index in [4.69, 9.17) is 0 Å². The van der Waals surface area contributed by atoms with Crippen LogP contribution in [-0.4, -0.2) is 18.1 Å². The van der Waals surface area contributed by atoms with Crippen LogP contribution in [0.1, 0.15) is 22.3 Å². The van der Waals surface area contributed by atoms with Gasteiger partial charge < -0.3 is 5.11 Å². The number of anilines is 1. The summed E-state index contributed by atoms with van der Waals surface area (Å²) in [6.07, 6.45) is 0. The number of para-hydroxylation sites is 1. The van der Waals surface area contributed by atoms with Crippen molar-refractivity contribution < 1.29 is 9.90 Å². The number of carbonyl (C=O) groups excluding carboxylic acids is 1. The van der Waals surface area contributed by atoms with Crippen molar-refractivity contribution in [2.75, 3.05) is 12.1 Å². The minimum Gasteiger partial charge on any atom is -0.372 e. The fourth-order valence-corrected chi connectivity index (χ4v) is 3.12. The summed E-state index contributed by atoms with van der Waals surface area (Å²) in [7, 11) is 1.75. The second kappa shape index (κ2) is 7.64. The molecule has 4 heteroatoms. The van der Waals surface area contributed by atoms with Crippen LogP contribution in [0.25, 0.3) is 0 Å². The number of aryl methyl sites for hydroxylation is 2. The van der Waals surface area contributed by atoms with Crippen molar-refractivity contribution >= 4 is 11.6 Å². The van der Waals surface area contributed by atoms with Crippen molar-refractivity contribution in [3.05, 3.63) is 101 Å². The number of rotatable bonds is 5. The first-order chi connectivity index (χ1) is 12.9. The smallest absolute Gasteiger partial charge is 0.279 e. The third-order valence-electron chi connectivity index (χ3n) is 4.61. The molecule has 0 fully saturated rings. The zero-order valence-corrected chi connectivity index (χ0v) is 15.8. The molecule has 3 aromatic carbocycles. The normalized spacial score (nSPS) is 11.1. The van der Waals surface area contributed by atoms with Gasteiger partial charge in [-0.3, -0.25) is 15.2 Å². The maximum absolute atomic E-state index is 13.3. The molecular weight excluding hydrogens is 336 g/mol. The molecule has 2 N–H and O–H groups in total. The Morgan fingerprint density at radius 1 is 0.852 bits per heavy atom. The first kappa shape index (κ1) is 18.7. The molecule has 0 unspecified atom stereocenters. The van der Waals surface area contributed by atoms with E-state index in [0.717, 1.165) is 16.8 Å². The summed E-state index contributed by atoms with van der Waals surface area (Å²) < 4.78 is 0. The lowest BCUT2D eigenvalue weighted by atomic mass is 9.84. The molecule has 0 saturated heterocycles. The van der Waals surface area contributed by atoms with E-state index in [0.29, 0.717) is 11.1 Å². The highest BCUT2D eigenvalue weighted by Gasteiger charge is 2.40. The van der Waals surface area contributed by atoms with Gasteiger partial charge in [0.05, 0.1) is 5.69 Å². The van der Waals surface area contributed by atoms with Crippen molar-refractivity contribution in [3.8, 4) is 0 Å². The van der Waals surface area contributed by atoms with Crippen molar-refractivity contribution in [3.63, 3.8) is 0 Å². The molecule has 3 rings (SSSR count). The molecule has 0 saturated carbocycles. The second-order valence-electron chi connectivity index (χ2n) is 6.78. The molecule has 0 bridgehead atoms. The van der Waals surface area contributed by atoms with Crippen LogP contribution in [0.5, 0.6) is 0 Å². The number of benzene rings is 3. The Balaban J connectivity index is 2.03. The Morgan fingerprint density at radius 3 is 1.85 bits per heavy atom. The monoisotopic (exact) mass is 360 g/mol. The molecule has 0 radical (unpaired) electrons. The summed E-state index contributed by atoms with van der Waals surface area (Å²) in [6, 6.07) is 24.3. The highest BCUT2D eigenvalue weighted by Crippen LogP contribution is 2.31. The van der Waals surface area contributed by atoms with Crippen LogP contribution in [0.3, 0.4) is 0 Å². The van der Waals surface area contributed by atoms with Gasteiger partial charge in [-0.2, -0.15) is 0 Å². The van der Waals surface area contributed by atoms with E-state index in [1.54, 1.807) is 24.2 Å². The molecule has 3 aromatic rings. The molecule has 0 aliphatic rings. The Morgan fingerprint density at radius 2 is 1.37 bits per heavy atom. The Hall–Kier alpha value is -3.11. The van der Waals surface area contributed by atoms with Crippen LogP contribution in [0, 0.1) is 13.8 Å². The molecule has 0 heterocycles. The lowest BCUT2D eigenvalue weighted by Gasteiger charge is -2.31. The quantitative estimate of drug-likeness (QED) is 0.682. The van der Waals surface area contributed by atoms with Crippen molar-refractivity contribution in [1.82, 2.24) is 5.43 Å². The van der Waals surface area contributed by atoms with E-state index in [1.165, 1.54) is 0 Å². The Labute approximate surface area is 160 Å². The largest absolute Gasteiger partial charge is 0.372 e. The van der Waals surface area contributed by atoms with Crippen molar-refractivity contribution in [2.24, 2.45) is 0 Å². The van der Waals surface area contributed by atoms with Gasteiger partial charge in [-0.15, -0.1) is 0 Å². The fraction of sp³-hybridized carbons (Fsp3) is 0.174. The fourth-order valence-electron chi connectivity index (χ4n) is 3.12. The summed E-state index contributed by atoms with van der Waals surface area (Å²) in [6.45, 7) is 3.88. The summed E-state index contributed by atoms with van der Waals surface area (Å²) in [5.41, 5.74) is 4.85. The third-order valence-corrected chi connectivity index (χ3v) is 4.61. The lowest BCUT2D eigenvalue weighted by molar-refractivity contribution is -0.136. The Kier molecular flexibility index (Phi) is 5.28. The van der Waals surface area contributed by atoms with Crippen LogP contribution in [0.4, 0.5) is 5.69 Å². The third kappa shape index (κ3) is 3.86. The minimum absolute atomic E-state index is 0.509. The summed E-state index contributed by atoms with van der Waals surface area (Å²) in [5.74, 6) is -0.509. The van der Waals surface area contributed by atoms with Gasteiger partial charge in [0.1, 0.15) is 0 Å². The zero-order valence-electron chi connectivity index (χ0n) is 15.8. The van der Waals surface area contributed by atoms with Gasteiger partial charge in [-0.05, 0) is 37.1 Å². The van der Waals surface area contributed by atoms with E-state index in [9.17, 15) is 9.90 Å². The number of hydrazine groups is 1. The molecule has 0 aromatic heterocycles. The van der Waals surface area contributed by atoms with Crippen LogP contribution in [-0.2, 0) is 10.4 Å². The van der Waals surface area contributed by atoms with Gasteiger partial charge in [0.15, 0.2) is 5.60 Å². The number of nitrogens with one attached hydrogen (secondary N) is 1. The number of carbonyl (C=O) groups is 1. The summed E-state index contributed by atoms with van der Waals surface area (Å²) in [4.78, 5) is 13.3. The number of aliphatic hydroxyl groups is 1. The van der Waals surface area contributed by atoms with Crippen molar-refractivity contribution in [2.45, 2.75) is 19.4 Å². The molecule has 138 valence electrons. The first-order valence-corrected chi connectivity index (χ1v) is 8.88. The molecule has 0 spiro atoms. The van der Waals surface area contributed by atoms with Gasteiger partial charge in [0.25, 0.3) is 5.91 Å². The van der Waals surface area contributed by atoms with E-state index in [-0.39, 0.29) is 0 Å². The number of hydrogen-bond acceptors (Lipinski definition) is 3. The number of hydrogen-bond donors (Lipinski definition) is 2. The van der Waals surface area contributed by atoms with E-state index in [1.807, 2.05) is 80.6 Å². The molecule has 27 heavy (non-hydrogen) atoms. The maximum atomic E-state index is 13.3. The van der Waals surface area contributed by atoms with Gasteiger partial charge >= 0.3 is 0 Å². The van der Waals surface area contributed by atoms with Gasteiger partial charge in [0, 0.05) is 7.05 Å². The highest BCUT2D eigenvalue weighted by molar-refractivity contribution is 5.91. The lowest BCUT2D eigenvalue weighted by Crippen LogP contribution is -2.51. The molecule has 0 aliphatic heterocycles. The highest BCUT2D eigenvalue weighted by atomic mass is 16.3. The van der Waals surface area contributed by atoms with Crippen LogP contribution >= 0.6 is 0 Å². The SMILES string of the molecule is Cc1cccc(C(O)(C(=O)NN(C)c2ccccc2)c2cccc(C)c2)c1.